The maximum atomic E-state index is 13.3. The minimum absolute atomic E-state index is 0.0103. The molecular weight excluding hydrogens is 360 g/mol. The van der Waals surface area contributed by atoms with Crippen molar-refractivity contribution >= 4 is 40.1 Å². The van der Waals surface area contributed by atoms with Crippen LogP contribution in [0.15, 0.2) is 53.5 Å². The number of amidine groups is 1. The van der Waals surface area contributed by atoms with Crippen LogP contribution in [0, 0.1) is 11.6 Å². The Labute approximate surface area is 153 Å². The summed E-state index contributed by atoms with van der Waals surface area (Å²) in [7, 11) is 1.56. The Bertz CT molecular complexity index is 871. The largest absolute Gasteiger partial charge is 0.325 e. The molecule has 1 aliphatic rings. The Morgan fingerprint density at radius 1 is 1.19 bits per heavy atom. The van der Waals surface area contributed by atoms with Gasteiger partial charge in [-0.1, -0.05) is 17.8 Å². The second kappa shape index (κ2) is 7.65. The average molecular weight is 375 g/mol. The zero-order valence-electron chi connectivity index (χ0n) is 13.8. The molecule has 0 aromatic heterocycles. The van der Waals surface area contributed by atoms with Crippen molar-refractivity contribution in [2.24, 2.45) is 4.99 Å². The second-order valence-electron chi connectivity index (χ2n) is 5.63. The number of nitrogens with zero attached hydrogens (tertiary/aromatic N) is 2. The van der Waals surface area contributed by atoms with Crippen LogP contribution in [0.5, 0.6) is 0 Å². The van der Waals surface area contributed by atoms with Gasteiger partial charge in [0.15, 0.2) is 5.17 Å². The number of anilines is 1. The number of amides is 2. The Morgan fingerprint density at radius 3 is 2.62 bits per heavy atom. The lowest BCUT2D eigenvalue weighted by Crippen LogP contribution is -2.43. The van der Waals surface area contributed by atoms with E-state index in [2.05, 4.69) is 10.3 Å². The minimum atomic E-state index is -0.684. The molecule has 1 heterocycles. The summed E-state index contributed by atoms with van der Waals surface area (Å²) >= 11 is 1.12. The van der Waals surface area contributed by atoms with Crippen LogP contribution in [0.1, 0.15) is 6.42 Å². The number of aliphatic imine (C=N–C) groups is 1. The number of nitrogens with one attached hydrogen (secondary N) is 1. The highest BCUT2D eigenvalue weighted by Crippen LogP contribution is 2.29. The summed E-state index contributed by atoms with van der Waals surface area (Å²) in [6, 6.07) is 11.0. The molecule has 0 spiro atoms. The van der Waals surface area contributed by atoms with Gasteiger partial charge in [-0.05, 0) is 42.5 Å². The van der Waals surface area contributed by atoms with E-state index in [0.717, 1.165) is 11.8 Å². The first-order valence-corrected chi connectivity index (χ1v) is 8.64. The number of halogens is 2. The lowest BCUT2D eigenvalue weighted by Gasteiger charge is -2.28. The fraction of sp³-hybridized carbons (Fsp3) is 0.167. The third-order valence-corrected chi connectivity index (χ3v) is 4.95. The van der Waals surface area contributed by atoms with Crippen molar-refractivity contribution in [2.75, 3.05) is 12.4 Å². The van der Waals surface area contributed by atoms with E-state index in [0.29, 0.717) is 16.5 Å². The Kier molecular flexibility index (Phi) is 5.32. The molecular formula is C18H15F2N3O2S. The van der Waals surface area contributed by atoms with Crippen LogP contribution in [-0.4, -0.2) is 34.2 Å². The van der Waals surface area contributed by atoms with E-state index in [1.165, 1.54) is 47.4 Å². The second-order valence-corrected chi connectivity index (χ2v) is 6.80. The molecule has 5 nitrogen and oxygen atoms in total. The van der Waals surface area contributed by atoms with Gasteiger partial charge in [0, 0.05) is 19.2 Å². The summed E-state index contributed by atoms with van der Waals surface area (Å²) in [5.74, 6) is -1.49. The fourth-order valence-corrected chi connectivity index (χ4v) is 3.37. The standard InChI is InChI=1S/C18H15F2N3O2S/c1-23-16(24)10-15(17(25)21-13-7-5-11(19)6-8-13)26-18(23)22-14-4-2-3-12(20)9-14/h2-9,15H,10H2,1H3,(H,21,25)/t15-/m0/s1. The Balaban J connectivity index is 1.77. The third-order valence-electron chi connectivity index (χ3n) is 3.71. The smallest absolute Gasteiger partial charge is 0.238 e. The molecule has 0 radical (unpaired) electrons. The summed E-state index contributed by atoms with van der Waals surface area (Å²) in [6.45, 7) is 0. The third kappa shape index (κ3) is 4.26. The van der Waals surface area contributed by atoms with Gasteiger partial charge in [-0.3, -0.25) is 14.5 Å². The van der Waals surface area contributed by atoms with E-state index in [4.69, 9.17) is 0 Å². The van der Waals surface area contributed by atoms with E-state index in [1.54, 1.807) is 13.1 Å². The van der Waals surface area contributed by atoms with Crippen LogP contribution >= 0.6 is 11.8 Å². The van der Waals surface area contributed by atoms with Crippen LogP contribution in [0.25, 0.3) is 0 Å². The van der Waals surface area contributed by atoms with Gasteiger partial charge in [-0.2, -0.15) is 0 Å². The van der Waals surface area contributed by atoms with Crippen LogP contribution in [0.2, 0.25) is 0 Å². The SMILES string of the molecule is CN1C(=O)C[C@@H](C(=O)Nc2ccc(F)cc2)SC1=Nc1cccc(F)c1. The summed E-state index contributed by atoms with van der Waals surface area (Å²) in [5.41, 5.74) is 0.790. The molecule has 2 amide bonds. The Morgan fingerprint density at radius 2 is 1.92 bits per heavy atom. The molecule has 1 aliphatic heterocycles. The number of hydrogen-bond donors (Lipinski definition) is 1. The average Bonchev–Trinajstić information content (AvgIpc) is 2.60. The van der Waals surface area contributed by atoms with E-state index >= 15 is 0 Å². The van der Waals surface area contributed by atoms with Crippen molar-refractivity contribution in [3.05, 3.63) is 60.2 Å². The highest BCUT2D eigenvalue weighted by Gasteiger charge is 2.34. The van der Waals surface area contributed by atoms with E-state index in [-0.39, 0.29) is 18.2 Å². The first-order valence-electron chi connectivity index (χ1n) is 7.76. The van der Waals surface area contributed by atoms with Gasteiger partial charge in [-0.25, -0.2) is 13.8 Å². The zero-order valence-corrected chi connectivity index (χ0v) is 14.6. The van der Waals surface area contributed by atoms with Gasteiger partial charge in [0.2, 0.25) is 11.8 Å². The number of carbonyl (C=O) groups excluding carboxylic acids is 2. The van der Waals surface area contributed by atoms with E-state index < -0.39 is 16.9 Å². The van der Waals surface area contributed by atoms with Crippen LogP contribution in [0.3, 0.4) is 0 Å². The molecule has 26 heavy (non-hydrogen) atoms. The molecule has 8 heteroatoms. The number of benzene rings is 2. The van der Waals surface area contributed by atoms with Crippen molar-refractivity contribution in [3.8, 4) is 0 Å². The molecule has 3 rings (SSSR count). The zero-order chi connectivity index (χ0) is 18.7. The molecule has 1 saturated heterocycles. The quantitative estimate of drug-likeness (QED) is 0.892. The molecule has 0 unspecified atom stereocenters. The molecule has 1 N–H and O–H groups in total. The summed E-state index contributed by atoms with van der Waals surface area (Å²) in [4.78, 5) is 30.3. The normalized spacial score (nSPS) is 18.9. The van der Waals surface area contributed by atoms with Crippen molar-refractivity contribution < 1.29 is 18.4 Å². The molecule has 2 aromatic rings. The summed E-state index contributed by atoms with van der Waals surface area (Å²) in [6.07, 6.45) is 0.0103. The van der Waals surface area contributed by atoms with Crippen LogP contribution in [0.4, 0.5) is 20.2 Å². The number of rotatable bonds is 3. The van der Waals surface area contributed by atoms with Gasteiger partial charge in [0.05, 0.1) is 5.69 Å². The maximum absolute atomic E-state index is 13.3. The molecule has 1 fully saturated rings. The molecule has 0 aliphatic carbocycles. The first-order chi connectivity index (χ1) is 12.4. The van der Waals surface area contributed by atoms with Gasteiger partial charge < -0.3 is 5.32 Å². The van der Waals surface area contributed by atoms with Gasteiger partial charge in [0.25, 0.3) is 0 Å². The highest BCUT2D eigenvalue weighted by molar-refractivity contribution is 8.15. The number of hydrogen-bond acceptors (Lipinski definition) is 4. The van der Waals surface area contributed by atoms with Crippen LogP contribution in [-0.2, 0) is 9.59 Å². The van der Waals surface area contributed by atoms with Crippen molar-refractivity contribution in [1.29, 1.82) is 0 Å². The van der Waals surface area contributed by atoms with Gasteiger partial charge >= 0.3 is 0 Å². The molecule has 0 bridgehead atoms. The lowest BCUT2D eigenvalue weighted by atomic mass is 10.2. The maximum Gasteiger partial charge on any atom is 0.238 e. The molecule has 2 aromatic carbocycles. The number of thioether (sulfide) groups is 1. The van der Waals surface area contributed by atoms with E-state index in [9.17, 15) is 18.4 Å². The summed E-state index contributed by atoms with van der Waals surface area (Å²) < 4.78 is 26.3. The lowest BCUT2D eigenvalue weighted by molar-refractivity contribution is -0.128. The van der Waals surface area contributed by atoms with Gasteiger partial charge in [0.1, 0.15) is 16.9 Å². The van der Waals surface area contributed by atoms with Crippen molar-refractivity contribution in [3.63, 3.8) is 0 Å². The van der Waals surface area contributed by atoms with Gasteiger partial charge in [-0.15, -0.1) is 0 Å². The number of carbonyl (C=O) groups is 2. The fourth-order valence-electron chi connectivity index (χ4n) is 2.31. The predicted octanol–water partition coefficient (Wildman–Crippen LogP) is 3.55. The molecule has 134 valence electrons. The minimum Gasteiger partial charge on any atom is -0.325 e. The van der Waals surface area contributed by atoms with Crippen molar-refractivity contribution in [1.82, 2.24) is 4.90 Å². The topological polar surface area (TPSA) is 61.8 Å². The molecule has 0 saturated carbocycles. The Hall–Kier alpha value is -2.74. The monoisotopic (exact) mass is 375 g/mol. The predicted molar refractivity (Wildman–Crippen MR) is 97.3 cm³/mol. The molecule has 1 atom stereocenters. The first kappa shape index (κ1) is 18.1. The van der Waals surface area contributed by atoms with E-state index in [1.807, 2.05) is 0 Å². The summed E-state index contributed by atoms with van der Waals surface area (Å²) in [5, 5.41) is 2.28. The van der Waals surface area contributed by atoms with Crippen LogP contribution < -0.4 is 5.32 Å². The van der Waals surface area contributed by atoms with Crippen molar-refractivity contribution in [2.45, 2.75) is 11.7 Å². The highest BCUT2D eigenvalue weighted by atomic mass is 32.2.